The van der Waals surface area contributed by atoms with Crippen molar-refractivity contribution in [1.29, 1.82) is 0 Å². The number of hydrogen-bond donors (Lipinski definition) is 0. The van der Waals surface area contributed by atoms with E-state index >= 15 is 0 Å². The van der Waals surface area contributed by atoms with E-state index in [0.717, 1.165) is 44.2 Å². The van der Waals surface area contributed by atoms with Crippen LogP contribution < -0.4 is 8.97 Å². The predicted molar refractivity (Wildman–Crippen MR) is 154 cm³/mol. The highest BCUT2D eigenvalue weighted by molar-refractivity contribution is 5.97. The number of pyridine rings is 3. The standard InChI is InChI=1S/C36H24F6N2/c1-20-11-15-30-31-25(13-14-28(35(37,38)39)32(31)36(40,41)42)27-17-26-23-9-5-6-10-24(23)29-16-12-22(21-7-3-2-4-8-21)19-44(29)33(26)34(27)43(30)18-20/h2-16,18-19,27,34H,17H2,1H3/q+2. The molecule has 0 amide bonds. The molecule has 0 N–H and O–H groups in total. The second-order valence-corrected chi connectivity index (χ2v) is 11.7. The second kappa shape index (κ2) is 9.14. The van der Waals surface area contributed by atoms with E-state index in [1.165, 1.54) is 12.1 Å². The molecule has 0 saturated carbocycles. The van der Waals surface area contributed by atoms with Crippen LogP contribution in [0.5, 0.6) is 0 Å². The minimum Gasteiger partial charge on any atom is -0.184 e. The van der Waals surface area contributed by atoms with Gasteiger partial charge in [0.15, 0.2) is 12.4 Å². The Hall–Kier alpha value is -4.72. The van der Waals surface area contributed by atoms with Crippen molar-refractivity contribution in [1.82, 2.24) is 0 Å². The van der Waals surface area contributed by atoms with Gasteiger partial charge in [-0.2, -0.15) is 35.3 Å². The Balaban J connectivity index is 1.49. The highest BCUT2D eigenvalue weighted by Gasteiger charge is 2.56. The van der Waals surface area contributed by atoms with Gasteiger partial charge in [-0.05, 0) is 54.1 Å². The Labute approximate surface area is 248 Å². The van der Waals surface area contributed by atoms with Gasteiger partial charge in [0, 0.05) is 28.8 Å². The second-order valence-electron chi connectivity index (χ2n) is 11.7. The van der Waals surface area contributed by atoms with Gasteiger partial charge in [-0.1, -0.05) is 54.6 Å². The predicted octanol–water partition coefficient (Wildman–Crippen LogP) is 8.79. The van der Waals surface area contributed by atoms with Crippen molar-refractivity contribution in [2.24, 2.45) is 0 Å². The maximum atomic E-state index is 14.7. The zero-order valence-electron chi connectivity index (χ0n) is 23.3. The summed E-state index contributed by atoms with van der Waals surface area (Å²) in [5.41, 5.74) is 2.39. The first-order chi connectivity index (χ1) is 21.0. The van der Waals surface area contributed by atoms with Gasteiger partial charge in [-0.3, -0.25) is 0 Å². The lowest BCUT2D eigenvalue weighted by Gasteiger charge is -2.28. The number of halogens is 6. The summed E-state index contributed by atoms with van der Waals surface area (Å²) >= 11 is 0. The van der Waals surface area contributed by atoms with Crippen LogP contribution in [0, 0.1) is 6.92 Å². The summed E-state index contributed by atoms with van der Waals surface area (Å²) in [6.45, 7) is 1.84. The van der Waals surface area contributed by atoms with Gasteiger partial charge in [0.25, 0.3) is 5.69 Å². The molecule has 4 heterocycles. The average molecular weight is 599 g/mol. The van der Waals surface area contributed by atoms with E-state index in [9.17, 15) is 26.3 Å². The van der Waals surface area contributed by atoms with Crippen LogP contribution >= 0.6 is 0 Å². The van der Waals surface area contributed by atoms with Crippen LogP contribution in [0.4, 0.5) is 26.3 Å². The minimum absolute atomic E-state index is 0.124. The number of aryl methyl sites for hydroxylation is 1. The molecule has 0 radical (unpaired) electrons. The lowest BCUT2D eigenvalue weighted by atomic mass is 9.80. The molecule has 0 saturated heterocycles. The summed E-state index contributed by atoms with van der Waals surface area (Å²) in [5, 5.41) is 1.99. The number of fused-ring (bicyclic) bond motifs is 13. The Morgan fingerprint density at radius 3 is 2.14 bits per heavy atom. The molecule has 0 spiro atoms. The molecule has 218 valence electrons. The third kappa shape index (κ3) is 3.82. The molecule has 2 aliphatic rings. The van der Waals surface area contributed by atoms with E-state index < -0.39 is 35.4 Å². The normalized spacial score (nSPS) is 17.3. The first-order valence-electron chi connectivity index (χ1n) is 14.3. The summed E-state index contributed by atoms with van der Waals surface area (Å²) < 4.78 is 90.2. The van der Waals surface area contributed by atoms with E-state index in [1.54, 1.807) is 16.8 Å². The van der Waals surface area contributed by atoms with Gasteiger partial charge in [0.05, 0.1) is 28.0 Å². The van der Waals surface area contributed by atoms with Gasteiger partial charge >= 0.3 is 12.4 Å². The summed E-state index contributed by atoms with van der Waals surface area (Å²) in [4.78, 5) is 0. The number of nitrogens with zero attached hydrogens (tertiary/aromatic N) is 2. The van der Waals surface area contributed by atoms with Crippen LogP contribution in [-0.2, 0) is 18.8 Å². The maximum absolute atomic E-state index is 14.7. The highest BCUT2D eigenvalue weighted by Crippen LogP contribution is 2.54. The van der Waals surface area contributed by atoms with E-state index in [-0.39, 0.29) is 16.8 Å². The third-order valence-electron chi connectivity index (χ3n) is 9.14. The maximum Gasteiger partial charge on any atom is 0.417 e. The highest BCUT2D eigenvalue weighted by atomic mass is 19.4. The molecule has 0 bridgehead atoms. The summed E-state index contributed by atoms with van der Waals surface area (Å²) in [6, 6.07) is 26.6. The van der Waals surface area contributed by atoms with Crippen LogP contribution in [0.15, 0.2) is 103 Å². The number of rotatable bonds is 1. The van der Waals surface area contributed by atoms with Crippen LogP contribution in [0.1, 0.15) is 45.5 Å². The van der Waals surface area contributed by atoms with Crippen molar-refractivity contribution in [3.63, 3.8) is 0 Å². The molecule has 1 aliphatic carbocycles. The van der Waals surface area contributed by atoms with Crippen molar-refractivity contribution in [2.45, 2.75) is 37.7 Å². The Bertz CT molecular complexity index is 2150. The van der Waals surface area contributed by atoms with Gasteiger partial charge in [-0.25, -0.2) is 0 Å². The summed E-state index contributed by atoms with van der Waals surface area (Å²) in [6.07, 6.45) is -6.15. The quantitative estimate of drug-likeness (QED) is 0.102. The Morgan fingerprint density at radius 1 is 0.682 bits per heavy atom. The molecule has 3 aromatic heterocycles. The minimum atomic E-state index is -5.21. The van der Waals surface area contributed by atoms with Gasteiger partial charge < -0.3 is 0 Å². The van der Waals surface area contributed by atoms with Crippen molar-refractivity contribution in [2.75, 3.05) is 0 Å². The SMILES string of the molecule is Cc1ccc2[n+](c1)C1c3c(c4ccccc4c4ccc(-c5ccccc5)c[n+]34)CC1c1ccc(C(F)(F)F)c(C(F)(F)F)c1-2. The zero-order chi connectivity index (χ0) is 30.5. The molecule has 2 atom stereocenters. The smallest absolute Gasteiger partial charge is 0.184 e. The largest absolute Gasteiger partial charge is 0.417 e. The van der Waals surface area contributed by atoms with Crippen LogP contribution in [0.2, 0.25) is 0 Å². The fourth-order valence-electron chi connectivity index (χ4n) is 7.44. The van der Waals surface area contributed by atoms with Crippen LogP contribution in [-0.4, -0.2) is 0 Å². The van der Waals surface area contributed by atoms with E-state index in [1.807, 2.05) is 61.5 Å². The van der Waals surface area contributed by atoms with E-state index in [4.69, 9.17) is 0 Å². The molecule has 6 aromatic rings. The number of benzene rings is 3. The Kier molecular flexibility index (Phi) is 5.58. The third-order valence-corrected chi connectivity index (χ3v) is 9.14. The summed E-state index contributed by atoms with van der Waals surface area (Å²) in [5.74, 6) is -0.510. The molecule has 2 unspecified atom stereocenters. The topological polar surface area (TPSA) is 7.98 Å². The van der Waals surface area contributed by atoms with Gasteiger partial charge in [0.2, 0.25) is 17.3 Å². The first kappa shape index (κ1) is 26.9. The van der Waals surface area contributed by atoms with Crippen molar-refractivity contribution in [3.8, 4) is 22.4 Å². The molecular formula is C36H24F6N2+2. The first-order valence-corrected chi connectivity index (χ1v) is 14.3. The van der Waals surface area contributed by atoms with E-state index in [2.05, 4.69) is 22.7 Å². The molecule has 1 aliphatic heterocycles. The van der Waals surface area contributed by atoms with Crippen LogP contribution in [0.25, 0.3) is 38.7 Å². The lowest BCUT2D eigenvalue weighted by molar-refractivity contribution is -0.724. The number of aromatic nitrogens is 2. The Morgan fingerprint density at radius 2 is 1.41 bits per heavy atom. The molecule has 8 rings (SSSR count). The van der Waals surface area contributed by atoms with Crippen molar-refractivity contribution >= 4 is 16.3 Å². The molecule has 44 heavy (non-hydrogen) atoms. The van der Waals surface area contributed by atoms with Crippen molar-refractivity contribution < 1.29 is 35.3 Å². The number of alkyl halides is 6. The fraction of sp³-hybridized carbons (Fsp3) is 0.167. The molecule has 0 fully saturated rings. The molecule has 2 nitrogen and oxygen atoms in total. The zero-order valence-corrected chi connectivity index (χ0v) is 23.3. The lowest BCUT2D eigenvalue weighted by Crippen LogP contribution is -2.50. The molecular weight excluding hydrogens is 574 g/mol. The molecule has 8 heteroatoms. The summed E-state index contributed by atoms with van der Waals surface area (Å²) in [7, 11) is 0. The van der Waals surface area contributed by atoms with Crippen molar-refractivity contribution in [3.05, 3.63) is 137 Å². The van der Waals surface area contributed by atoms with Gasteiger partial charge in [0.1, 0.15) is 0 Å². The van der Waals surface area contributed by atoms with E-state index in [0.29, 0.717) is 12.5 Å². The fourth-order valence-corrected chi connectivity index (χ4v) is 7.44. The monoisotopic (exact) mass is 598 g/mol. The van der Waals surface area contributed by atoms with Crippen LogP contribution in [0.3, 0.4) is 0 Å². The average Bonchev–Trinajstić information content (AvgIpc) is 3.41. The molecule has 3 aromatic carbocycles. The number of hydrogen-bond acceptors (Lipinski definition) is 0. The van der Waals surface area contributed by atoms with Gasteiger partial charge in [-0.15, -0.1) is 0 Å².